The number of carbonyl (C=O) groups excluding carboxylic acids is 1. The lowest BCUT2D eigenvalue weighted by Gasteiger charge is -2.12. The molecule has 1 aliphatic carbocycles. The van der Waals surface area contributed by atoms with Gasteiger partial charge in [-0.15, -0.1) is 0 Å². The SMILES string of the molecule is CNS(=O)(=O)c1cc(NCC2CC2)cc(C(=O)Nc2ccc(OC)cc2)c1. The molecule has 2 aromatic rings. The summed E-state index contributed by atoms with van der Waals surface area (Å²) in [7, 11) is -0.757. The van der Waals surface area contributed by atoms with Crippen molar-refractivity contribution < 1.29 is 17.9 Å². The highest BCUT2D eigenvalue weighted by atomic mass is 32.2. The fourth-order valence-corrected chi connectivity index (χ4v) is 3.37. The average molecular weight is 389 g/mol. The van der Waals surface area contributed by atoms with Crippen molar-refractivity contribution in [1.82, 2.24) is 4.72 Å². The van der Waals surface area contributed by atoms with Crippen LogP contribution in [-0.2, 0) is 10.0 Å². The third-order valence-electron chi connectivity index (χ3n) is 4.39. The molecule has 0 aliphatic heterocycles. The molecule has 8 heteroatoms. The van der Waals surface area contributed by atoms with E-state index in [1.54, 1.807) is 43.5 Å². The van der Waals surface area contributed by atoms with Crippen molar-refractivity contribution in [3.8, 4) is 5.75 Å². The van der Waals surface area contributed by atoms with Gasteiger partial charge in [0.15, 0.2) is 0 Å². The van der Waals surface area contributed by atoms with E-state index in [0.29, 0.717) is 23.0 Å². The van der Waals surface area contributed by atoms with Crippen LogP contribution < -0.4 is 20.1 Å². The number of benzene rings is 2. The van der Waals surface area contributed by atoms with E-state index in [2.05, 4.69) is 15.4 Å². The van der Waals surface area contributed by atoms with E-state index in [1.807, 2.05) is 0 Å². The fourth-order valence-electron chi connectivity index (χ4n) is 2.57. The van der Waals surface area contributed by atoms with Crippen molar-refractivity contribution in [2.75, 3.05) is 31.3 Å². The van der Waals surface area contributed by atoms with E-state index in [4.69, 9.17) is 4.74 Å². The zero-order chi connectivity index (χ0) is 19.4. The molecule has 0 saturated heterocycles. The smallest absolute Gasteiger partial charge is 0.255 e. The Labute approximate surface area is 159 Å². The molecule has 3 N–H and O–H groups in total. The highest BCUT2D eigenvalue weighted by Crippen LogP contribution is 2.29. The topological polar surface area (TPSA) is 96.5 Å². The molecular formula is C19H23N3O4S. The van der Waals surface area contributed by atoms with Gasteiger partial charge in [-0.3, -0.25) is 4.79 Å². The van der Waals surface area contributed by atoms with E-state index >= 15 is 0 Å². The van der Waals surface area contributed by atoms with Crippen LogP contribution >= 0.6 is 0 Å². The molecular weight excluding hydrogens is 366 g/mol. The molecule has 0 bridgehead atoms. The number of rotatable bonds is 8. The van der Waals surface area contributed by atoms with E-state index in [9.17, 15) is 13.2 Å². The van der Waals surface area contributed by atoms with Crippen LogP contribution in [0, 0.1) is 5.92 Å². The van der Waals surface area contributed by atoms with Crippen LogP contribution in [-0.4, -0.2) is 35.0 Å². The van der Waals surface area contributed by atoms with Crippen LogP contribution in [0.15, 0.2) is 47.4 Å². The summed E-state index contributed by atoms with van der Waals surface area (Å²) in [4.78, 5) is 12.7. The number of hydrogen-bond donors (Lipinski definition) is 3. The summed E-state index contributed by atoms with van der Waals surface area (Å²) in [6.45, 7) is 0.766. The van der Waals surface area contributed by atoms with Gasteiger partial charge in [0.1, 0.15) is 5.75 Å². The Balaban J connectivity index is 1.85. The highest BCUT2D eigenvalue weighted by molar-refractivity contribution is 7.89. The summed E-state index contributed by atoms with van der Waals surface area (Å²) in [5.74, 6) is 0.913. The molecule has 1 fully saturated rings. The Morgan fingerprint density at radius 3 is 2.41 bits per heavy atom. The lowest BCUT2D eigenvalue weighted by Crippen LogP contribution is -2.20. The van der Waals surface area contributed by atoms with Crippen molar-refractivity contribution in [3.05, 3.63) is 48.0 Å². The van der Waals surface area contributed by atoms with Crippen LogP contribution in [0.5, 0.6) is 5.75 Å². The van der Waals surface area contributed by atoms with Gasteiger partial charge in [0.25, 0.3) is 5.91 Å². The minimum atomic E-state index is -3.67. The predicted octanol–water partition coefficient (Wildman–Crippen LogP) is 2.68. The van der Waals surface area contributed by atoms with Gasteiger partial charge in [-0.2, -0.15) is 0 Å². The molecule has 0 aromatic heterocycles. The van der Waals surface area contributed by atoms with Crippen LogP contribution in [0.2, 0.25) is 0 Å². The van der Waals surface area contributed by atoms with Crippen molar-refractivity contribution in [2.45, 2.75) is 17.7 Å². The van der Waals surface area contributed by atoms with E-state index in [-0.39, 0.29) is 16.4 Å². The molecule has 1 aliphatic rings. The largest absolute Gasteiger partial charge is 0.497 e. The summed E-state index contributed by atoms with van der Waals surface area (Å²) in [6.07, 6.45) is 2.35. The lowest BCUT2D eigenvalue weighted by molar-refractivity contribution is 0.102. The van der Waals surface area contributed by atoms with Gasteiger partial charge < -0.3 is 15.4 Å². The van der Waals surface area contributed by atoms with Gasteiger partial charge in [0, 0.05) is 23.5 Å². The number of hydrogen-bond acceptors (Lipinski definition) is 5. The highest BCUT2D eigenvalue weighted by Gasteiger charge is 2.22. The second kappa shape index (κ2) is 7.98. The van der Waals surface area contributed by atoms with Crippen LogP contribution in [0.1, 0.15) is 23.2 Å². The fraction of sp³-hybridized carbons (Fsp3) is 0.316. The summed E-state index contributed by atoms with van der Waals surface area (Å²) in [5.41, 5.74) is 1.47. The first kappa shape index (κ1) is 19.2. The standard InChI is InChI=1S/C19H23N3O4S/c1-20-27(24,25)18-10-14(9-16(11-18)21-12-13-3-4-13)19(23)22-15-5-7-17(26-2)8-6-15/h5-11,13,20-21H,3-4,12H2,1-2H3,(H,22,23). The maximum Gasteiger partial charge on any atom is 0.255 e. The molecule has 0 atom stereocenters. The maximum absolute atomic E-state index is 12.7. The van der Waals surface area contributed by atoms with Gasteiger partial charge in [-0.1, -0.05) is 0 Å². The summed E-state index contributed by atoms with van der Waals surface area (Å²) in [5, 5.41) is 6.00. The summed E-state index contributed by atoms with van der Waals surface area (Å²) in [6, 6.07) is 11.5. The molecule has 1 saturated carbocycles. The number of sulfonamides is 1. The maximum atomic E-state index is 12.7. The zero-order valence-electron chi connectivity index (χ0n) is 15.3. The molecule has 1 amide bonds. The minimum absolute atomic E-state index is 0.0469. The first-order valence-electron chi connectivity index (χ1n) is 8.69. The second-order valence-corrected chi connectivity index (χ2v) is 8.35. The Morgan fingerprint density at radius 2 is 1.81 bits per heavy atom. The molecule has 0 radical (unpaired) electrons. The van der Waals surface area contributed by atoms with Crippen LogP contribution in [0.25, 0.3) is 0 Å². The van der Waals surface area contributed by atoms with Gasteiger partial charge in [-0.05, 0) is 68.3 Å². The third-order valence-corrected chi connectivity index (χ3v) is 5.78. The average Bonchev–Trinajstić information content (AvgIpc) is 3.51. The molecule has 27 heavy (non-hydrogen) atoms. The number of anilines is 2. The summed E-state index contributed by atoms with van der Waals surface area (Å²) >= 11 is 0. The van der Waals surface area contributed by atoms with E-state index < -0.39 is 10.0 Å². The first-order chi connectivity index (χ1) is 12.9. The number of ether oxygens (including phenoxy) is 1. The van der Waals surface area contributed by atoms with Crippen molar-refractivity contribution >= 4 is 27.3 Å². The Morgan fingerprint density at radius 1 is 1.11 bits per heavy atom. The van der Waals surface area contributed by atoms with Crippen molar-refractivity contribution in [3.63, 3.8) is 0 Å². The van der Waals surface area contributed by atoms with Crippen molar-refractivity contribution in [1.29, 1.82) is 0 Å². The number of carbonyl (C=O) groups is 1. The first-order valence-corrected chi connectivity index (χ1v) is 10.2. The molecule has 144 valence electrons. The molecule has 0 spiro atoms. The van der Waals surface area contributed by atoms with Crippen molar-refractivity contribution in [2.24, 2.45) is 5.92 Å². The third kappa shape index (κ3) is 4.99. The number of nitrogens with one attached hydrogen (secondary N) is 3. The van der Waals surface area contributed by atoms with Crippen LogP contribution in [0.3, 0.4) is 0 Å². The monoisotopic (exact) mass is 389 g/mol. The number of amides is 1. The van der Waals surface area contributed by atoms with E-state index in [1.165, 1.54) is 26.0 Å². The molecule has 2 aromatic carbocycles. The number of methoxy groups -OCH3 is 1. The quantitative estimate of drug-likeness (QED) is 0.645. The van der Waals surface area contributed by atoms with Gasteiger partial charge in [-0.25, -0.2) is 13.1 Å². The van der Waals surface area contributed by atoms with Gasteiger partial charge in [0.05, 0.1) is 12.0 Å². The molecule has 0 unspecified atom stereocenters. The zero-order valence-corrected chi connectivity index (χ0v) is 16.1. The van der Waals surface area contributed by atoms with Gasteiger partial charge >= 0.3 is 0 Å². The molecule has 3 rings (SSSR count). The predicted molar refractivity (Wildman–Crippen MR) is 105 cm³/mol. The van der Waals surface area contributed by atoms with Crippen LogP contribution in [0.4, 0.5) is 11.4 Å². The van der Waals surface area contributed by atoms with Gasteiger partial charge in [0.2, 0.25) is 10.0 Å². The Bertz CT molecular complexity index is 922. The molecule has 7 nitrogen and oxygen atoms in total. The summed E-state index contributed by atoms with van der Waals surface area (Å²) < 4.78 is 31.8. The Hall–Kier alpha value is -2.58. The molecule has 0 heterocycles. The second-order valence-electron chi connectivity index (χ2n) is 6.46. The Kier molecular flexibility index (Phi) is 5.67. The lowest BCUT2D eigenvalue weighted by atomic mass is 10.1. The minimum Gasteiger partial charge on any atom is -0.497 e. The van der Waals surface area contributed by atoms with E-state index in [0.717, 1.165) is 6.54 Å². The normalized spacial score (nSPS) is 13.9.